The Morgan fingerprint density at radius 2 is 1.74 bits per heavy atom. The Balaban J connectivity index is 1.42. The molecule has 196 valence electrons. The van der Waals surface area contributed by atoms with Crippen LogP contribution >= 0.6 is 22.9 Å². The lowest BCUT2D eigenvalue weighted by Gasteiger charge is -2.33. The minimum atomic E-state index is -0.315. The summed E-state index contributed by atoms with van der Waals surface area (Å²) in [5, 5.41) is 9.31. The molecule has 0 aliphatic heterocycles. The van der Waals surface area contributed by atoms with Gasteiger partial charge in [-0.1, -0.05) is 68.8 Å². The number of amides is 2. The van der Waals surface area contributed by atoms with Crippen molar-refractivity contribution in [3.63, 3.8) is 0 Å². The maximum absolute atomic E-state index is 13.8. The molecule has 7 heteroatoms. The predicted molar refractivity (Wildman–Crippen MR) is 157 cm³/mol. The summed E-state index contributed by atoms with van der Waals surface area (Å²) in [4.78, 5) is 27.9. The highest BCUT2D eigenvalue weighted by molar-refractivity contribution is 7.17. The fourth-order valence-corrected chi connectivity index (χ4v) is 6.48. The summed E-state index contributed by atoms with van der Waals surface area (Å²) in [6.45, 7) is 6.63. The molecule has 38 heavy (non-hydrogen) atoms. The molecule has 0 radical (unpaired) electrons. The van der Waals surface area contributed by atoms with E-state index in [1.807, 2.05) is 42.5 Å². The standard InChI is InChI=1S/C31H31ClN2O3S/c1-31(2,3)20-11-16-24-26(17-20)38-30(34-27(35)18-37-22-14-12-21(32)13-15-22)28(24)29(36)33-25-10-6-8-19-7-4-5-9-23(19)25/h4-10,12-15,20H,11,16-18H2,1-3H3,(H,33,36)(H,34,35). The number of anilines is 2. The molecule has 4 aromatic rings. The number of thiophene rings is 1. The monoisotopic (exact) mass is 546 g/mol. The van der Waals surface area contributed by atoms with Crippen LogP contribution < -0.4 is 15.4 Å². The summed E-state index contributed by atoms with van der Waals surface area (Å²) in [5.41, 5.74) is 2.52. The molecule has 0 saturated carbocycles. The molecular formula is C31H31ClN2O3S. The summed E-state index contributed by atoms with van der Waals surface area (Å²) in [6, 6.07) is 20.7. The highest BCUT2D eigenvalue weighted by Crippen LogP contribution is 2.44. The maximum Gasteiger partial charge on any atom is 0.262 e. The normalized spacial score (nSPS) is 15.1. The Morgan fingerprint density at radius 3 is 2.50 bits per heavy atom. The Morgan fingerprint density at radius 1 is 1.00 bits per heavy atom. The minimum absolute atomic E-state index is 0.167. The lowest BCUT2D eigenvalue weighted by atomic mass is 9.72. The Kier molecular flexibility index (Phi) is 7.46. The van der Waals surface area contributed by atoms with Gasteiger partial charge in [-0.3, -0.25) is 9.59 Å². The van der Waals surface area contributed by atoms with E-state index < -0.39 is 0 Å². The van der Waals surface area contributed by atoms with Gasteiger partial charge in [-0.25, -0.2) is 0 Å². The lowest BCUT2D eigenvalue weighted by Crippen LogP contribution is -2.27. The van der Waals surface area contributed by atoms with E-state index in [0.29, 0.717) is 27.3 Å². The van der Waals surface area contributed by atoms with E-state index in [1.54, 1.807) is 24.3 Å². The van der Waals surface area contributed by atoms with Gasteiger partial charge < -0.3 is 15.4 Å². The van der Waals surface area contributed by atoms with Crippen molar-refractivity contribution in [3.8, 4) is 5.75 Å². The van der Waals surface area contributed by atoms with Gasteiger partial charge in [0.2, 0.25) is 0 Å². The van der Waals surface area contributed by atoms with Crippen molar-refractivity contribution in [3.05, 3.63) is 87.8 Å². The van der Waals surface area contributed by atoms with Crippen molar-refractivity contribution >= 4 is 56.2 Å². The lowest BCUT2D eigenvalue weighted by molar-refractivity contribution is -0.118. The molecule has 3 aromatic carbocycles. The zero-order chi connectivity index (χ0) is 26.9. The molecule has 5 rings (SSSR count). The first-order valence-corrected chi connectivity index (χ1v) is 14.0. The SMILES string of the molecule is CC(C)(C)C1CCc2c(sc(NC(=O)COc3ccc(Cl)cc3)c2C(=O)Nc2cccc3ccccc23)C1. The predicted octanol–water partition coefficient (Wildman–Crippen LogP) is 7.98. The Bertz CT molecular complexity index is 1480. The van der Waals surface area contributed by atoms with Gasteiger partial charge in [-0.2, -0.15) is 0 Å². The maximum atomic E-state index is 13.8. The number of halogens is 1. The number of carbonyl (C=O) groups is 2. The number of hydrogen-bond acceptors (Lipinski definition) is 4. The van der Waals surface area contributed by atoms with Gasteiger partial charge in [-0.05, 0) is 71.9 Å². The minimum Gasteiger partial charge on any atom is -0.484 e. The second-order valence-corrected chi connectivity index (χ2v) is 12.3. The van der Waals surface area contributed by atoms with Gasteiger partial charge in [0.15, 0.2) is 6.61 Å². The van der Waals surface area contributed by atoms with Gasteiger partial charge >= 0.3 is 0 Å². The van der Waals surface area contributed by atoms with Gasteiger partial charge in [0.25, 0.3) is 11.8 Å². The first-order chi connectivity index (χ1) is 18.2. The van der Waals surface area contributed by atoms with Crippen molar-refractivity contribution in [1.82, 2.24) is 0 Å². The van der Waals surface area contributed by atoms with Gasteiger partial charge in [-0.15, -0.1) is 11.3 Å². The third-order valence-electron chi connectivity index (χ3n) is 7.19. The third-order valence-corrected chi connectivity index (χ3v) is 8.61. The number of fused-ring (bicyclic) bond motifs is 2. The van der Waals surface area contributed by atoms with Gasteiger partial charge in [0.05, 0.1) is 5.56 Å². The average Bonchev–Trinajstić information content (AvgIpc) is 3.25. The summed E-state index contributed by atoms with van der Waals surface area (Å²) in [6.07, 6.45) is 2.72. The number of rotatable bonds is 6. The second kappa shape index (κ2) is 10.8. The average molecular weight is 547 g/mol. The van der Waals surface area contributed by atoms with E-state index in [4.69, 9.17) is 16.3 Å². The molecule has 1 aromatic heterocycles. The topological polar surface area (TPSA) is 67.4 Å². The number of nitrogens with one attached hydrogen (secondary N) is 2. The van der Waals surface area contributed by atoms with Crippen LogP contribution in [0.2, 0.25) is 5.02 Å². The van der Waals surface area contributed by atoms with Gasteiger partial charge in [0, 0.05) is 21.0 Å². The summed E-state index contributed by atoms with van der Waals surface area (Å²) in [5.74, 6) is 0.545. The van der Waals surface area contributed by atoms with Crippen molar-refractivity contribution < 1.29 is 14.3 Å². The largest absolute Gasteiger partial charge is 0.484 e. The van der Waals surface area contributed by atoms with Crippen molar-refractivity contribution in [1.29, 1.82) is 0 Å². The molecule has 1 aliphatic rings. The number of ether oxygens (including phenoxy) is 1. The molecule has 2 N–H and O–H groups in total. The summed E-state index contributed by atoms with van der Waals surface area (Å²) in [7, 11) is 0. The molecule has 1 heterocycles. The summed E-state index contributed by atoms with van der Waals surface area (Å²) < 4.78 is 5.64. The molecule has 1 unspecified atom stereocenters. The number of carbonyl (C=O) groups excluding carboxylic acids is 2. The Hall–Kier alpha value is -3.35. The van der Waals surface area contributed by atoms with E-state index in [2.05, 4.69) is 31.4 Å². The van der Waals surface area contributed by atoms with Crippen LogP contribution in [0.5, 0.6) is 5.75 Å². The Labute approximate surface area is 232 Å². The quantitative estimate of drug-likeness (QED) is 0.257. The number of benzene rings is 3. The molecule has 5 nitrogen and oxygen atoms in total. The van der Waals surface area contributed by atoms with E-state index in [0.717, 1.165) is 41.3 Å². The molecule has 0 bridgehead atoms. The molecule has 0 fully saturated rings. The third kappa shape index (κ3) is 5.71. The van der Waals surface area contributed by atoms with Crippen LogP contribution in [-0.2, 0) is 17.6 Å². The van der Waals surface area contributed by atoms with E-state index in [9.17, 15) is 9.59 Å². The smallest absolute Gasteiger partial charge is 0.262 e. The van der Waals surface area contributed by atoms with E-state index in [1.165, 1.54) is 16.2 Å². The van der Waals surface area contributed by atoms with Crippen molar-refractivity contribution in [2.24, 2.45) is 11.3 Å². The van der Waals surface area contributed by atoms with E-state index >= 15 is 0 Å². The highest BCUT2D eigenvalue weighted by Gasteiger charge is 2.34. The fourth-order valence-electron chi connectivity index (χ4n) is 5.02. The van der Waals surface area contributed by atoms with E-state index in [-0.39, 0.29) is 23.8 Å². The second-order valence-electron chi connectivity index (χ2n) is 10.8. The van der Waals surface area contributed by atoms with Crippen LogP contribution in [0.1, 0.15) is 48.0 Å². The molecular weight excluding hydrogens is 516 g/mol. The fraction of sp³-hybridized carbons (Fsp3) is 0.290. The van der Waals surface area contributed by atoms with Crippen LogP contribution in [0.25, 0.3) is 10.8 Å². The van der Waals surface area contributed by atoms with Crippen molar-refractivity contribution in [2.75, 3.05) is 17.2 Å². The highest BCUT2D eigenvalue weighted by atomic mass is 35.5. The first kappa shape index (κ1) is 26.3. The van der Waals surface area contributed by atoms with Crippen LogP contribution in [0, 0.1) is 11.3 Å². The molecule has 1 atom stereocenters. The van der Waals surface area contributed by atoms with Crippen LogP contribution in [-0.4, -0.2) is 18.4 Å². The molecule has 1 aliphatic carbocycles. The van der Waals surface area contributed by atoms with Crippen LogP contribution in [0.3, 0.4) is 0 Å². The summed E-state index contributed by atoms with van der Waals surface area (Å²) >= 11 is 7.45. The van der Waals surface area contributed by atoms with Crippen LogP contribution in [0.15, 0.2) is 66.7 Å². The zero-order valence-corrected chi connectivity index (χ0v) is 23.3. The van der Waals surface area contributed by atoms with Gasteiger partial charge in [0.1, 0.15) is 10.8 Å². The van der Waals surface area contributed by atoms with Crippen molar-refractivity contribution in [2.45, 2.75) is 40.0 Å². The molecule has 2 amide bonds. The zero-order valence-electron chi connectivity index (χ0n) is 21.8. The molecule has 0 saturated heterocycles. The first-order valence-electron chi connectivity index (χ1n) is 12.8. The van der Waals surface area contributed by atoms with Crippen LogP contribution in [0.4, 0.5) is 10.7 Å². The molecule has 0 spiro atoms. The number of hydrogen-bond donors (Lipinski definition) is 2.